The number of amides is 1. The van der Waals surface area contributed by atoms with Gasteiger partial charge in [0.15, 0.2) is 17.1 Å². The second kappa shape index (κ2) is 7.33. The molecule has 3 aromatic rings. The lowest BCUT2D eigenvalue weighted by Crippen LogP contribution is -2.48. The number of fused-ring (bicyclic) bond motifs is 2. The predicted molar refractivity (Wildman–Crippen MR) is 118 cm³/mol. The Morgan fingerprint density at radius 3 is 2.81 bits per heavy atom. The minimum absolute atomic E-state index is 0.156. The summed E-state index contributed by atoms with van der Waals surface area (Å²) in [4.78, 5) is 17.6. The number of ether oxygens (including phenoxy) is 2. The lowest BCUT2D eigenvalue weighted by molar-refractivity contribution is 0.0804. The molecule has 0 atom stereocenters. The van der Waals surface area contributed by atoms with Crippen molar-refractivity contribution in [2.24, 2.45) is 5.41 Å². The molecule has 1 aromatic carbocycles. The van der Waals surface area contributed by atoms with Gasteiger partial charge < -0.3 is 25.4 Å². The van der Waals surface area contributed by atoms with E-state index in [1.54, 1.807) is 17.8 Å². The van der Waals surface area contributed by atoms with Crippen LogP contribution in [0.3, 0.4) is 0 Å². The van der Waals surface area contributed by atoms with E-state index in [-0.39, 0.29) is 17.4 Å². The Kier molecular flexibility index (Phi) is 4.60. The molecule has 1 aliphatic heterocycles. The van der Waals surface area contributed by atoms with Crippen LogP contribution in [0, 0.1) is 5.41 Å². The van der Waals surface area contributed by atoms with Crippen LogP contribution >= 0.6 is 0 Å². The number of nitrogens with zero attached hydrogens (tertiary/aromatic N) is 3. The van der Waals surface area contributed by atoms with Crippen molar-refractivity contribution in [2.45, 2.75) is 32.7 Å². The average Bonchev–Trinajstić information content (AvgIpc) is 3.16. The molecule has 1 aliphatic carbocycles. The third-order valence-corrected chi connectivity index (χ3v) is 5.73. The van der Waals surface area contributed by atoms with E-state index in [0.717, 1.165) is 18.5 Å². The Bertz CT molecular complexity index is 1150. The van der Waals surface area contributed by atoms with Crippen molar-refractivity contribution >= 4 is 28.9 Å². The van der Waals surface area contributed by atoms with Crippen molar-refractivity contribution < 1.29 is 14.3 Å². The number of carbonyl (C=O) groups excluding carboxylic acids is 1. The fourth-order valence-electron chi connectivity index (χ4n) is 4.31. The van der Waals surface area contributed by atoms with Crippen molar-refractivity contribution in [3.05, 3.63) is 36.0 Å². The number of nitrogens with one attached hydrogen (secondary N) is 3. The molecular weight excluding hydrogens is 396 g/mol. The van der Waals surface area contributed by atoms with Crippen molar-refractivity contribution in [1.29, 1.82) is 0 Å². The zero-order valence-electron chi connectivity index (χ0n) is 17.9. The van der Waals surface area contributed by atoms with E-state index in [9.17, 15) is 4.79 Å². The molecule has 1 fully saturated rings. The van der Waals surface area contributed by atoms with Gasteiger partial charge in [-0.1, -0.05) is 19.9 Å². The van der Waals surface area contributed by atoms with Gasteiger partial charge in [-0.3, -0.25) is 4.79 Å². The molecule has 2 aliphatic rings. The average molecular weight is 422 g/mol. The highest BCUT2D eigenvalue weighted by atomic mass is 16.6. The zero-order valence-corrected chi connectivity index (χ0v) is 17.9. The maximum atomic E-state index is 12.9. The van der Waals surface area contributed by atoms with Crippen LogP contribution in [0.25, 0.3) is 5.65 Å². The number of benzene rings is 1. The maximum Gasteiger partial charge on any atom is 0.256 e. The molecule has 3 heterocycles. The normalized spacial score (nSPS) is 17.1. The summed E-state index contributed by atoms with van der Waals surface area (Å²) in [5, 5.41) is 13.9. The monoisotopic (exact) mass is 422 g/mol. The van der Waals surface area contributed by atoms with Crippen LogP contribution in [0.5, 0.6) is 11.5 Å². The number of carbonyl (C=O) groups is 1. The molecule has 0 saturated heterocycles. The van der Waals surface area contributed by atoms with E-state index in [4.69, 9.17) is 9.47 Å². The number of anilines is 3. The SMILES string of the molecule is CNc1cc(Nc2cccc3c2OCCO3)nc2c(C(=O)NC3CC(C)(C)C3)cnn12. The molecular formula is C22H26N6O3. The van der Waals surface area contributed by atoms with Crippen LogP contribution in [-0.2, 0) is 0 Å². The van der Waals surface area contributed by atoms with Crippen LogP contribution in [0.4, 0.5) is 17.3 Å². The zero-order chi connectivity index (χ0) is 21.6. The largest absolute Gasteiger partial charge is 0.486 e. The summed E-state index contributed by atoms with van der Waals surface area (Å²) in [6.45, 7) is 5.43. The maximum absolute atomic E-state index is 12.9. The van der Waals surface area contributed by atoms with Gasteiger partial charge in [-0.05, 0) is 30.4 Å². The molecule has 0 radical (unpaired) electrons. The molecule has 31 heavy (non-hydrogen) atoms. The Morgan fingerprint density at radius 2 is 2.03 bits per heavy atom. The van der Waals surface area contributed by atoms with E-state index < -0.39 is 0 Å². The first-order chi connectivity index (χ1) is 14.9. The summed E-state index contributed by atoms with van der Waals surface area (Å²) >= 11 is 0. The standard InChI is InChI=1S/C22H26N6O3/c1-22(2)10-13(11-22)25-21(29)14-12-24-28-18(23-3)9-17(27-20(14)28)26-15-5-4-6-16-19(15)31-8-7-30-16/h4-6,9,12-13,23H,7-8,10-11H2,1-3H3,(H,25,29)(H,26,27). The Balaban J connectivity index is 1.46. The third kappa shape index (κ3) is 3.60. The minimum Gasteiger partial charge on any atom is -0.486 e. The highest BCUT2D eigenvalue weighted by Gasteiger charge is 2.37. The quantitative estimate of drug-likeness (QED) is 0.580. The van der Waals surface area contributed by atoms with Crippen LogP contribution in [0.1, 0.15) is 37.0 Å². The first kappa shape index (κ1) is 19.5. The van der Waals surface area contributed by atoms with Crippen LogP contribution in [0.15, 0.2) is 30.5 Å². The number of hydrogen-bond donors (Lipinski definition) is 3. The van der Waals surface area contributed by atoms with E-state index >= 15 is 0 Å². The molecule has 9 heteroatoms. The molecule has 0 bridgehead atoms. The second-order valence-electron chi connectivity index (χ2n) is 8.77. The van der Waals surface area contributed by atoms with Gasteiger partial charge in [0.2, 0.25) is 0 Å². The van der Waals surface area contributed by atoms with Crippen molar-refractivity contribution in [2.75, 3.05) is 30.9 Å². The summed E-state index contributed by atoms with van der Waals surface area (Å²) < 4.78 is 13.1. The molecule has 0 spiro atoms. The molecule has 3 N–H and O–H groups in total. The summed E-state index contributed by atoms with van der Waals surface area (Å²) in [7, 11) is 1.80. The second-order valence-corrected chi connectivity index (χ2v) is 8.77. The Labute approximate surface area is 180 Å². The number of para-hydroxylation sites is 1. The number of rotatable bonds is 5. The van der Waals surface area contributed by atoms with E-state index in [2.05, 4.69) is 39.9 Å². The van der Waals surface area contributed by atoms with Gasteiger partial charge in [-0.2, -0.15) is 9.61 Å². The van der Waals surface area contributed by atoms with E-state index in [1.807, 2.05) is 24.3 Å². The highest BCUT2D eigenvalue weighted by molar-refractivity contribution is 6.00. The predicted octanol–water partition coefficient (Wildman–Crippen LogP) is 3.20. The van der Waals surface area contributed by atoms with Gasteiger partial charge in [-0.25, -0.2) is 4.98 Å². The molecule has 1 amide bonds. The topological polar surface area (TPSA) is 102 Å². The number of hydrogen-bond acceptors (Lipinski definition) is 7. The van der Waals surface area contributed by atoms with Gasteiger partial charge in [0.25, 0.3) is 5.91 Å². The van der Waals surface area contributed by atoms with Crippen molar-refractivity contribution in [1.82, 2.24) is 19.9 Å². The van der Waals surface area contributed by atoms with E-state index in [1.165, 1.54) is 0 Å². The molecule has 162 valence electrons. The van der Waals surface area contributed by atoms with E-state index in [0.29, 0.717) is 47.6 Å². The fourth-order valence-corrected chi connectivity index (χ4v) is 4.31. The van der Waals surface area contributed by atoms with Crippen molar-refractivity contribution in [3.8, 4) is 11.5 Å². The highest BCUT2D eigenvalue weighted by Crippen LogP contribution is 2.40. The molecule has 5 rings (SSSR count). The third-order valence-electron chi connectivity index (χ3n) is 5.73. The van der Waals surface area contributed by atoms with Gasteiger partial charge in [-0.15, -0.1) is 0 Å². The first-order valence-electron chi connectivity index (χ1n) is 10.5. The molecule has 9 nitrogen and oxygen atoms in total. The minimum atomic E-state index is -0.156. The van der Waals surface area contributed by atoms with Gasteiger partial charge in [0.05, 0.1) is 11.9 Å². The Hall–Kier alpha value is -3.49. The lowest BCUT2D eigenvalue weighted by Gasteiger charge is -2.42. The summed E-state index contributed by atoms with van der Waals surface area (Å²) in [6, 6.07) is 7.69. The number of aromatic nitrogens is 3. The smallest absolute Gasteiger partial charge is 0.256 e. The summed E-state index contributed by atoms with van der Waals surface area (Å²) in [6.07, 6.45) is 3.51. The first-order valence-corrected chi connectivity index (χ1v) is 10.5. The fraction of sp³-hybridized carbons (Fsp3) is 0.409. The van der Waals surface area contributed by atoms with Crippen molar-refractivity contribution in [3.63, 3.8) is 0 Å². The summed E-state index contributed by atoms with van der Waals surface area (Å²) in [5.74, 6) is 2.47. The lowest BCUT2D eigenvalue weighted by atomic mass is 9.68. The van der Waals surface area contributed by atoms with Gasteiger partial charge >= 0.3 is 0 Å². The molecule has 2 aromatic heterocycles. The van der Waals surface area contributed by atoms with Gasteiger partial charge in [0.1, 0.15) is 30.4 Å². The van der Waals surface area contributed by atoms with Crippen LogP contribution < -0.4 is 25.4 Å². The van der Waals surface area contributed by atoms with Crippen LogP contribution in [-0.4, -0.2) is 46.8 Å². The van der Waals surface area contributed by atoms with Crippen LogP contribution in [0.2, 0.25) is 0 Å². The Morgan fingerprint density at radius 1 is 1.23 bits per heavy atom. The molecule has 0 unspecified atom stereocenters. The molecule has 1 saturated carbocycles. The van der Waals surface area contributed by atoms with Gasteiger partial charge in [0, 0.05) is 19.2 Å². The summed E-state index contributed by atoms with van der Waals surface area (Å²) in [5.41, 5.74) is 1.96.